The predicted octanol–water partition coefficient (Wildman–Crippen LogP) is 3.06. The van der Waals surface area contributed by atoms with E-state index in [2.05, 4.69) is 9.71 Å². The zero-order chi connectivity index (χ0) is 23.1. The van der Waals surface area contributed by atoms with E-state index in [0.717, 1.165) is 19.5 Å². The largest absolute Gasteiger partial charge is 0.588 e. The van der Waals surface area contributed by atoms with E-state index < -0.39 is 29.1 Å². The van der Waals surface area contributed by atoms with Gasteiger partial charge in [-0.25, -0.2) is 14.2 Å². The number of ether oxygens (including phenoxy) is 1. The van der Waals surface area contributed by atoms with Crippen LogP contribution in [0.2, 0.25) is 0 Å². The van der Waals surface area contributed by atoms with Crippen molar-refractivity contribution in [3.63, 3.8) is 0 Å². The van der Waals surface area contributed by atoms with Crippen LogP contribution in [-0.4, -0.2) is 45.5 Å². The number of carbonyl (C=O) groups is 2. The molecular weight excluding hydrogens is 451 g/mol. The fourth-order valence-electron chi connectivity index (χ4n) is 3.58. The molecule has 1 aromatic carbocycles. The number of nitrogens with zero attached hydrogens (tertiary/aromatic N) is 3. The summed E-state index contributed by atoms with van der Waals surface area (Å²) < 4.78 is 41.8. The Morgan fingerprint density at radius 3 is 2.88 bits per heavy atom. The summed E-state index contributed by atoms with van der Waals surface area (Å²) in [5.41, 5.74) is 1.22. The van der Waals surface area contributed by atoms with Gasteiger partial charge in [0.05, 0.1) is 12.0 Å². The maximum absolute atomic E-state index is 14.5. The molecule has 1 saturated heterocycles. The van der Waals surface area contributed by atoms with Gasteiger partial charge in [0.2, 0.25) is 4.90 Å². The third-order valence-electron chi connectivity index (χ3n) is 5.33. The van der Waals surface area contributed by atoms with Crippen molar-refractivity contribution in [2.75, 3.05) is 24.6 Å². The number of carbonyl (C=O) groups excluding carboxylic acids is 2. The standard InChI is InChI=1S/C22H19FN4O5S/c1-2-31-22(29)16-12-27-6-3-5-19(20(27)24-16)33(30)25-21(28)18-11-14-15(23)9-13(10-17(14)32-18)26-7-4-8-26/h3,5-6,9-12H,2,4,7-8H2,1H3,(H,25,28). The van der Waals surface area contributed by atoms with Gasteiger partial charge in [0.1, 0.15) is 22.8 Å². The molecule has 0 saturated carbocycles. The molecule has 1 fully saturated rings. The average Bonchev–Trinajstić information content (AvgIpc) is 3.37. The third-order valence-corrected chi connectivity index (χ3v) is 6.42. The number of halogens is 1. The molecule has 1 N–H and O–H groups in total. The molecule has 4 heterocycles. The number of nitrogens with one attached hydrogen (secondary N) is 1. The van der Waals surface area contributed by atoms with Gasteiger partial charge in [-0.3, -0.25) is 4.79 Å². The second kappa shape index (κ2) is 8.41. The van der Waals surface area contributed by atoms with Crippen molar-refractivity contribution in [3.8, 4) is 0 Å². The lowest BCUT2D eigenvalue weighted by molar-refractivity contribution is 0.0520. The smallest absolute Gasteiger partial charge is 0.358 e. The summed E-state index contributed by atoms with van der Waals surface area (Å²) in [6.07, 6.45) is 4.13. The first-order valence-corrected chi connectivity index (χ1v) is 11.4. The summed E-state index contributed by atoms with van der Waals surface area (Å²) in [6.45, 7) is 3.56. The molecule has 0 bridgehead atoms. The Labute approximate surface area is 190 Å². The van der Waals surface area contributed by atoms with E-state index in [-0.39, 0.29) is 39.6 Å². The first kappa shape index (κ1) is 21.3. The van der Waals surface area contributed by atoms with Crippen molar-refractivity contribution in [2.24, 2.45) is 0 Å². The van der Waals surface area contributed by atoms with E-state index in [4.69, 9.17) is 9.15 Å². The molecule has 5 rings (SSSR count). The van der Waals surface area contributed by atoms with Gasteiger partial charge in [0.15, 0.2) is 17.1 Å². The molecular formula is C22H19FN4O5S. The van der Waals surface area contributed by atoms with Crippen molar-refractivity contribution < 1.29 is 27.7 Å². The van der Waals surface area contributed by atoms with Crippen molar-refractivity contribution in [2.45, 2.75) is 18.2 Å². The molecule has 4 aromatic rings. The van der Waals surface area contributed by atoms with Crippen LogP contribution < -0.4 is 9.62 Å². The molecule has 0 spiro atoms. The van der Waals surface area contributed by atoms with Crippen LogP contribution in [0.5, 0.6) is 0 Å². The number of benzene rings is 1. The fraction of sp³-hybridized carbons (Fsp3) is 0.227. The first-order valence-electron chi connectivity index (χ1n) is 10.3. The van der Waals surface area contributed by atoms with E-state index in [1.165, 1.54) is 28.8 Å². The monoisotopic (exact) mass is 470 g/mol. The van der Waals surface area contributed by atoms with Crippen LogP contribution in [0.4, 0.5) is 10.1 Å². The molecule has 1 atom stereocenters. The van der Waals surface area contributed by atoms with Crippen LogP contribution in [0.1, 0.15) is 34.4 Å². The number of hydrogen-bond donors (Lipinski definition) is 1. The molecule has 170 valence electrons. The van der Waals surface area contributed by atoms with Crippen LogP contribution >= 0.6 is 0 Å². The van der Waals surface area contributed by atoms with Gasteiger partial charge < -0.3 is 23.0 Å². The van der Waals surface area contributed by atoms with Crippen molar-refractivity contribution >= 4 is 45.5 Å². The highest BCUT2D eigenvalue weighted by Crippen LogP contribution is 2.30. The van der Waals surface area contributed by atoms with E-state index >= 15 is 0 Å². The van der Waals surface area contributed by atoms with Gasteiger partial charge >= 0.3 is 11.9 Å². The van der Waals surface area contributed by atoms with Crippen molar-refractivity contribution in [1.29, 1.82) is 0 Å². The number of rotatable bonds is 6. The first-order chi connectivity index (χ1) is 15.9. The lowest BCUT2D eigenvalue weighted by Crippen LogP contribution is -2.36. The minimum Gasteiger partial charge on any atom is -0.588 e. The summed E-state index contributed by atoms with van der Waals surface area (Å²) in [4.78, 5) is 31.0. The Morgan fingerprint density at radius 2 is 2.15 bits per heavy atom. The van der Waals surface area contributed by atoms with Gasteiger partial charge in [-0.05, 0) is 25.5 Å². The van der Waals surface area contributed by atoms with Crippen LogP contribution in [-0.2, 0) is 16.1 Å². The Morgan fingerprint density at radius 1 is 1.33 bits per heavy atom. The summed E-state index contributed by atoms with van der Waals surface area (Å²) in [5, 5.41) is 0.171. The molecule has 1 amide bonds. The number of aromatic nitrogens is 2. The average molecular weight is 470 g/mol. The topological polar surface area (TPSA) is 112 Å². The van der Waals surface area contributed by atoms with E-state index in [0.29, 0.717) is 5.69 Å². The van der Waals surface area contributed by atoms with Gasteiger partial charge in [-0.15, -0.1) is 0 Å². The van der Waals surface area contributed by atoms with Crippen LogP contribution in [0.15, 0.2) is 52.0 Å². The van der Waals surface area contributed by atoms with E-state index in [1.54, 1.807) is 25.3 Å². The fourth-order valence-corrected chi connectivity index (χ4v) is 4.47. The molecule has 0 radical (unpaired) electrons. The molecule has 3 aromatic heterocycles. The number of imidazole rings is 1. The zero-order valence-corrected chi connectivity index (χ0v) is 18.4. The number of furan rings is 1. The summed E-state index contributed by atoms with van der Waals surface area (Å²) >= 11 is -2.02. The second-order valence-electron chi connectivity index (χ2n) is 7.44. The van der Waals surface area contributed by atoms with Crippen molar-refractivity contribution in [1.82, 2.24) is 14.1 Å². The molecule has 1 aliphatic rings. The number of anilines is 1. The second-order valence-corrected chi connectivity index (χ2v) is 8.62. The van der Waals surface area contributed by atoms with E-state index in [9.17, 15) is 18.5 Å². The number of esters is 1. The summed E-state index contributed by atoms with van der Waals surface area (Å²) in [7, 11) is 0. The van der Waals surface area contributed by atoms with Crippen molar-refractivity contribution in [3.05, 3.63) is 60.0 Å². The maximum Gasteiger partial charge on any atom is 0.358 e. The zero-order valence-electron chi connectivity index (χ0n) is 17.5. The Hall–Kier alpha value is -3.57. The minimum atomic E-state index is -2.02. The SMILES string of the molecule is CCOC(=O)c1cn2cccc([S+]([O-])NC(=O)c3cc4c(F)cc(N5CCC5)cc4o3)c2n1. The maximum atomic E-state index is 14.5. The number of amides is 1. The highest BCUT2D eigenvalue weighted by atomic mass is 32.2. The summed E-state index contributed by atoms with van der Waals surface area (Å²) in [6, 6.07) is 7.51. The van der Waals surface area contributed by atoms with Crippen LogP contribution in [0, 0.1) is 5.82 Å². The lowest BCUT2D eigenvalue weighted by Gasteiger charge is -2.33. The van der Waals surface area contributed by atoms with E-state index in [1.807, 2.05) is 4.90 Å². The number of hydrogen-bond acceptors (Lipinski definition) is 7. The number of fused-ring (bicyclic) bond motifs is 2. The van der Waals surface area contributed by atoms with Crippen LogP contribution in [0.3, 0.4) is 0 Å². The Kier molecular flexibility index (Phi) is 5.43. The molecule has 1 aliphatic heterocycles. The number of pyridine rings is 1. The molecule has 11 heteroatoms. The Bertz CT molecular complexity index is 1380. The van der Waals surface area contributed by atoms with Gasteiger partial charge in [0, 0.05) is 49.4 Å². The quantitative estimate of drug-likeness (QED) is 0.340. The van der Waals surface area contributed by atoms with Gasteiger partial charge in [-0.2, -0.15) is 4.72 Å². The minimum absolute atomic E-state index is 0.0541. The van der Waals surface area contributed by atoms with Crippen LogP contribution in [0.25, 0.3) is 16.6 Å². The van der Waals surface area contributed by atoms with Gasteiger partial charge in [-0.1, -0.05) is 0 Å². The molecule has 1 unspecified atom stereocenters. The summed E-state index contributed by atoms with van der Waals surface area (Å²) in [5.74, 6) is -2.04. The lowest BCUT2D eigenvalue weighted by atomic mass is 10.1. The highest BCUT2D eigenvalue weighted by Gasteiger charge is 2.26. The normalized spacial score (nSPS) is 14.3. The molecule has 9 nitrogen and oxygen atoms in total. The highest BCUT2D eigenvalue weighted by molar-refractivity contribution is 7.90. The van der Waals surface area contributed by atoms with Gasteiger partial charge in [0.25, 0.3) is 0 Å². The molecule has 0 aliphatic carbocycles. The Balaban J connectivity index is 1.39. The third kappa shape index (κ3) is 3.89. The predicted molar refractivity (Wildman–Crippen MR) is 118 cm³/mol. The molecule has 33 heavy (non-hydrogen) atoms.